The van der Waals surface area contributed by atoms with Gasteiger partial charge in [-0.1, -0.05) is 36.4 Å². The maximum atomic E-state index is 5.73. The number of fused-ring (bicyclic) bond motifs is 1. The van der Waals surface area contributed by atoms with Crippen molar-refractivity contribution in [2.75, 3.05) is 5.73 Å². The monoisotopic (exact) mass is 234 g/mol. The Morgan fingerprint density at radius 1 is 0.944 bits per heavy atom. The Kier molecular flexibility index (Phi) is 2.49. The molecule has 0 fully saturated rings. The normalized spacial score (nSPS) is 10.7. The van der Waals surface area contributed by atoms with Crippen LogP contribution in [0.15, 0.2) is 54.7 Å². The fraction of sp³-hybridized carbons (Fsp3) is 0.0625. The van der Waals surface area contributed by atoms with Crippen molar-refractivity contribution >= 4 is 16.5 Å². The molecule has 0 spiro atoms. The lowest BCUT2D eigenvalue weighted by molar-refractivity contribution is 1.28. The molecular weight excluding hydrogens is 220 g/mol. The van der Waals surface area contributed by atoms with Crippen LogP contribution in [0.2, 0.25) is 0 Å². The third kappa shape index (κ3) is 1.82. The summed E-state index contributed by atoms with van der Waals surface area (Å²) in [6.07, 6.45) is 1.71. The maximum absolute atomic E-state index is 5.73. The first-order valence-electron chi connectivity index (χ1n) is 5.95. The van der Waals surface area contributed by atoms with Gasteiger partial charge < -0.3 is 5.73 Å². The van der Waals surface area contributed by atoms with E-state index in [2.05, 4.69) is 47.4 Å². The Bertz CT molecular complexity index is 717. The molecule has 0 unspecified atom stereocenters. The SMILES string of the molecule is Cc1cc(N)cnc1-c1ccc2ccccc2c1. The zero-order valence-corrected chi connectivity index (χ0v) is 10.2. The van der Waals surface area contributed by atoms with Gasteiger partial charge in [0.25, 0.3) is 0 Å². The number of anilines is 1. The van der Waals surface area contributed by atoms with Gasteiger partial charge >= 0.3 is 0 Å². The van der Waals surface area contributed by atoms with Crippen LogP contribution in [0, 0.1) is 6.92 Å². The summed E-state index contributed by atoms with van der Waals surface area (Å²) in [5.74, 6) is 0. The molecule has 2 heteroatoms. The minimum Gasteiger partial charge on any atom is -0.397 e. The van der Waals surface area contributed by atoms with Crippen molar-refractivity contribution in [2.45, 2.75) is 6.92 Å². The average Bonchev–Trinajstić information content (AvgIpc) is 2.38. The highest BCUT2D eigenvalue weighted by atomic mass is 14.7. The van der Waals surface area contributed by atoms with E-state index in [4.69, 9.17) is 5.73 Å². The summed E-state index contributed by atoms with van der Waals surface area (Å²) in [7, 11) is 0. The number of hydrogen-bond donors (Lipinski definition) is 1. The number of aromatic nitrogens is 1. The molecule has 2 aromatic carbocycles. The zero-order chi connectivity index (χ0) is 12.5. The summed E-state index contributed by atoms with van der Waals surface area (Å²) in [4.78, 5) is 4.43. The second-order valence-electron chi connectivity index (χ2n) is 4.50. The topological polar surface area (TPSA) is 38.9 Å². The molecule has 0 aliphatic carbocycles. The number of aryl methyl sites for hydroxylation is 1. The molecule has 3 rings (SSSR count). The van der Waals surface area contributed by atoms with Crippen LogP contribution in [-0.4, -0.2) is 4.98 Å². The van der Waals surface area contributed by atoms with Crippen LogP contribution in [-0.2, 0) is 0 Å². The first-order chi connectivity index (χ1) is 8.74. The Balaban J connectivity index is 2.19. The maximum Gasteiger partial charge on any atom is 0.0732 e. The Morgan fingerprint density at radius 3 is 2.50 bits per heavy atom. The van der Waals surface area contributed by atoms with E-state index < -0.39 is 0 Å². The van der Waals surface area contributed by atoms with Crippen LogP contribution in [0.3, 0.4) is 0 Å². The molecule has 2 nitrogen and oxygen atoms in total. The van der Waals surface area contributed by atoms with Gasteiger partial charge in [-0.25, -0.2) is 0 Å². The first kappa shape index (κ1) is 10.8. The minimum absolute atomic E-state index is 0.706. The van der Waals surface area contributed by atoms with Crippen LogP contribution in [0.5, 0.6) is 0 Å². The third-order valence-corrected chi connectivity index (χ3v) is 3.12. The van der Waals surface area contributed by atoms with Crippen molar-refractivity contribution in [3.8, 4) is 11.3 Å². The molecule has 0 atom stereocenters. The molecule has 0 radical (unpaired) electrons. The van der Waals surface area contributed by atoms with Gasteiger partial charge in [0, 0.05) is 5.56 Å². The standard InChI is InChI=1S/C16H14N2/c1-11-8-15(17)10-18-16(11)14-7-6-12-4-2-3-5-13(12)9-14/h2-10H,17H2,1H3. The Hall–Kier alpha value is -2.35. The van der Waals surface area contributed by atoms with Crippen molar-refractivity contribution in [3.63, 3.8) is 0 Å². The van der Waals surface area contributed by atoms with E-state index in [0.29, 0.717) is 5.69 Å². The molecule has 3 aromatic rings. The van der Waals surface area contributed by atoms with Crippen molar-refractivity contribution < 1.29 is 0 Å². The summed E-state index contributed by atoms with van der Waals surface area (Å²) < 4.78 is 0. The quantitative estimate of drug-likeness (QED) is 0.695. The van der Waals surface area contributed by atoms with E-state index in [9.17, 15) is 0 Å². The van der Waals surface area contributed by atoms with Crippen molar-refractivity contribution in [2.24, 2.45) is 0 Å². The van der Waals surface area contributed by atoms with Crippen LogP contribution in [0.25, 0.3) is 22.0 Å². The van der Waals surface area contributed by atoms with Gasteiger partial charge in [0.05, 0.1) is 17.6 Å². The predicted molar refractivity (Wildman–Crippen MR) is 76.3 cm³/mol. The van der Waals surface area contributed by atoms with Gasteiger partial charge in [-0.05, 0) is 35.4 Å². The van der Waals surface area contributed by atoms with Crippen molar-refractivity contribution in [3.05, 3.63) is 60.3 Å². The lowest BCUT2D eigenvalue weighted by Gasteiger charge is -2.07. The molecule has 2 N–H and O–H groups in total. The van der Waals surface area contributed by atoms with Crippen LogP contribution >= 0.6 is 0 Å². The van der Waals surface area contributed by atoms with E-state index in [1.807, 2.05) is 13.0 Å². The summed E-state index contributed by atoms with van der Waals surface area (Å²) in [5.41, 5.74) is 9.67. The van der Waals surface area contributed by atoms with Gasteiger partial charge in [0.1, 0.15) is 0 Å². The second kappa shape index (κ2) is 4.15. The molecule has 0 amide bonds. The second-order valence-corrected chi connectivity index (χ2v) is 4.50. The molecule has 0 bridgehead atoms. The highest BCUT2D eigenvalue weighted by molar-refractivity contribution is 5.87. The van der Waals surface area contributed by atoms with Crippen LogP contribution in [0.1, 0.15) is 5.56 Å². The van der Waals surface area contributed by atoms with Crippen LogP contribution < -0.4 is 5.73 Å². The lowest BCUT2D eigenvalue weighted by Crippen LogP contribution is -1.92. The van der Waals surface area contributed by atoms with Gasteiger partial charge in [0.15, 0.2) is 0 Å². The highest BCUT2D eigenvalue weighted by Crippen LogP contribution is 2.26. The minimum atomic E-state index is 0.706. The van der Waals surface area contributed by atoms with Gasteiger partial charge in [-0.3, -0.25) is 4.98 Å². The van der Waals surface area contributed by atoms with Crippen molar-refractivity contribution in [1.82, 2.24) is 4.98 Å². The summed E-state index contributed by atoms with van der Waals surface area (Å²) in [6, 6.07) is 16.7. The summed E-state index contributed by atoms with van der Waals surface area (Å²) in [5, 5.41) is 2.47. The largest absolute Gasteiger partial charge is 0.397 e. The fourth-order valence-electron chi connectivity index (χ4n) is 2.24. The number of nitrogens with zero attached hydrogens (tertiary/aromatic N) is 1. The van der Waals surface area contributed by atoms with Gasteiger partial charge in [0.2, 0.25) is 0 Å². The molecule has 88 valence electrons. The zero-order valence-electron chi connectivity index (χ0n) is 10.2. The number of nitrogen functional groups attached to an aromatic ring is 1. The molecule has 1 heterocycles. The van der Waals surface area contributed by atoms with E-state index in [1.165, 1.54) is 10.8 Å². The first-order valence-corrected chi connectivity index (χ1v) is 5.95. The molecule has 0 aliphatic heterocycles. The average molecular weight is 234 g/mol. The van der Waals surface area contributed by atoms with Gasteiger partial charge in [-0.15, -0.1) is 0 Å². The highest BCUT2D eigenvalue weighted by Gasteiger charge is 2.04. The molecular formula is C16H14N2. The summed E-state index contributed by atoms with van der Waals surface area (Å²) >= 11 is 0. The third-order valence-electron chi connectivity index (χ3n) is 3.12. The van der Waals surface area contributed by atoms with E-state index in [-0.39, 0.29) is 0 Å². The summed E-state index contributed by atoms with van der Waals surface area (Å²) in [6.45, 7) is 2.04. The molecule has 1 aromatic heterocycles. The number of hydrogen-bond acceptors (Lipinski definition) is 2. The van der Waals surface area contributed by atoms with Crippen LogP contribution in [0.4, 0.5) is 5.69 Å². The predicted octanol–water partition coefficient (Wildman–Crippen LogP) is 3.79. The van der Waals surface area contributed by atoms with Crippen molar-refractivity contribution in [1.29, 1.82) is 0 Å². The Labute approximate surface area is 106 Å². The molecule has 0 aliphatic rings. The smallest absolute Gasteiger partial charge is 0.0732 e. The van der Waals surface area contributed by atoms with E-state index >= 15 is 0 Å². The van der Waals surface area contributed by atoms with E-state index in [0.717, 1.165) is 16.8 Å². The number of benzene rings is 2. The number of pyridine rings is 1. The van der Waals surface area contributed by atoms with E-state index in [1.54, 1.807) is 6.20 Å². The number of rotatable bonds is 1. The number of nitrogens with two attached hydrogens (primary N) is 1. The molecule has 18 heavy (non-hydrogen) atoms. The molecule has 0 saturated carbocycles. The Morgan fingerprint density at radius 2 is 1.72 bits per heavy atom. The molecule has 0 saturated heterocycles. The van der Waals surface area contributed by atoms with Gasteiger partial charge in [-0.2, -0.15) is 0 Å². The fourth-order valence-corrected chi connectivity index (χ4v) is 2.24. The lowest BCUT2D eigenvalue weighted by atomic mass is 10.0.